The van der Waals surface area contributed by atoms with Gasteiger partial charge in [0.25, 0.3) is 0 Å². The second-order valence-corrected chi connectivity index (χ2v) is 2.69. The third kappa shape index (κ3) is 1.91. The zero-order chi connectivity index (χ0) is 8.27. The van der Waals surface area contributed by atoms with Crippen LogP contribution in [0.1, 0.15) is 11.6 Å². The van der Waals surface area contributed by atoms with Crippen LogP contribution in [0.15, 0.2) is 24.3 Å². The molecule has 1 aromatic carbocycles. The van der Waals surface area contributed by atoms with Gasteiger partial charge >= 0.3 is 0 Å². The molecule has 0 aliphatic carbocycles. The van der Waals surface area contributed by atoms with Gasteiger partial charge in [0.15, 0.2) is 0 Å². The van der Waals surface area contributed by atoms with Gasteiger partial charge in [-0.25, -0.2) is 4.39 Å². The molecule has 1 rings (SSSR count). The average Bonchev–Trinajstić information content (AvgIpc) is 2.04. The van der Waals surface area contributed by atoms with E-state index >= 15 is 0 Å². The summed E-state index contributed by atoms with van der Waals surface area (Å²) in [6.45, 7) is -0.580. The van der Waals surface area contributed by atoms with Crippen molar-refractivity contribution in [2.45, 2.75) is 6.04 Å². The van der Waals surface area contributed by atoms with Gasteiger partial charge in [-0.1, -0.05) is 29.8 Å². The van der Waals surface area contributed by atoms with Gasteiger partial charge in [-0.15, -0.1) is 0 Å². The van der Waals surface area contributed by atoms with Crippen molar-refractivity contribution < 1.29 is 4.39 Å². The standard InChI is InChI=1S/C8H9ClFN/c9-7-4-2-1-3-6(7)8(11)5-10/h1-4,8H,5,11H2/t8-/m1/s1. The molecular formula is C8H9ClFN. The zero-order valence-electron chi connectivity index (χ0n) is 5.93. The van der Waals surface area contributed by atoms with Crippen molar-refractivity contribution in [3.8, 4) is 0 Å². The largest absolute Gasteiger partial charge is 0.322 e. The maximum absolute atomic E-state index is 12.1. The Balaban J connectivity index is 2.93. The zero-order valence-corrected chi connectivity index (χ0v) is 6.68. The third-order valence-electron chi connectivity index (χ3n) is 1.47. The highest BCUT2D eigenvalue weighted by Crippen LogP contribution is 2.20. The highest BCUT2D eigenvalue weighted by molar-refractivity contribution is 6.31. The lowest BCUT2D eigenvalue weighted by Crippen LogP contribution is -2.12. The van der Waals surface area contributed by atoms with Crippen LogP contribution in [0.25, 0.3) is 0 Å². The number of hydrogen-bond acceptors (Lipinski definition) is 1. The van der Waals surface area contributed by atoms with Crippen molar-refractivity contribution >= 4 is 11.6 Å². The predicted molar refractivity (Wildman–Crippen MR) is 44.4 cm³/mol. The van der Waals surface area contributed by atoms with Gasteiger partial charge in [-0.3, -0.25) is 0 Å². The van der Waals surface area contributed by atoms with Crippen molar-refractivity contribution in [1.29, 1.82) is 0 Å². The second-order valence-electron chi connectivity index (χ2n) is 2.28. The van der Waals surface area contributed by atoms with Crippen LogP contribution in [0.5, 0.6) is 0 Å². The monoisotopic (exact) mass is 173 g/mol. The molecule has 0 spiro atoms. The van der Waals surface area contributed by atoms with Crippen molar-refractivity contribution in [1.82, 2.24) is 0 Å². The number of halogens is 2. The van der Waals surface area contributed by atoms with Crippen molar-refractivity contribution in [2.24, 2.45) is 5.73 Å². The first-order valence-corrected chi connectivity index (χ1v) is 3.69. The topological polar surface area (TPSA) is 26.0 Å². The van der Waals surface area contributed by atoms with E-state index in [9.17, 15) is 4.39 Å². The van der Waals surface area contributed by atoms with Crippen LogP contribution < -0.4 is 5.73 Å². The molecule has 0 aliphatic rings. The summed E-state index contributed by atoms with van der Waals surface area (Å²) in [5, 5.41) is 0.526. The normalized spacial score (nSPS) is 13.0. The fourth-order valence-corrected chi connectivity index (χ4v) is 1.13. The SMILES string of the molecule is N[C@H](CF)c1ccccc1Cl. The Hall–Kier alpha value is -0.600. The first-order valence-electron chi connectivity index (χ1n) is 3.31. The molecule has 0 bridgehead atoms. The molecule has 0 amide bonds. The molecule has 0 saturated heterocycles. The van der Waals surface area contributed by atoms with E-state index in [1.54, 1.807) is 24.3 Å². The predicted octanol–water partition coefficient (Wildman–Crippen LogP) is 2.31. The van der Waals surface area contributed by atoms with Crippen LogP contribution in [-0.4, -0.2) is 6.67 Å². The molecule has 1 nitrogen and oxygen atoms in total. The van der Waals surface area contributed by atoms with Gasteiger partial charge < -0.3 is 5.73 Å². The van der Waals surface area contributed by atoms with Crippen LogP contribution in [0.4, 0.5) is 4.39 Å². The van der Waals surface area contributed by atoms with Crippen LogP contribution in [0.2, 0.25) is 5.02 Å². The number of benzene rings is 1. The van der Waals surface area contributed by atoms with Crippen LogP contribution >= 0.6 is 11.6 Å². The number of hydrogen-bond donors (Lipinski definition) is 1. The molecule has 0 unspecified atom stereocenters. The molecule has 0 fully saturated rings. The minimum atomic E-state index is -0.594. The quantitative estimate of drug-likeness (QED) is 0.730. The first-order chi connectivity index (χ1) is 5.25. The Bertz CT molecular complexity index is 239. The van der Waals surface area contributed by atoms with Gasteiger partial charge in [-0.2, -0.15) is 0 Å². The minimum Gasteiger partial charge on any atom is -0.322 e. The summed E-state index contributed by atoms with van der Waals surface area (Å²) in [4.78, 5) is 0. The minimum absolute atomic E-state index is 0.526. The molecule has 1 aromatic rings. The summed E-state index contributed by atoms with van der Waals surface area (Å²) in [6.07, 6.45) is 0. The van der Waals surface area contributed by atoms with Gasteiger partial charge in [0, 0.05) is 5.02 Å². The number of nitrogens with two attached hydrogens (primary N) is 1. The number of alkyl halides is 1. The fraction of sp³-hybridized carbons (Fsp3) is 0.250. The fourth-order valence-electron chi connectivity index (χ4n) is 0.859. The third-order valence-corrected chi connectivity index (χ3v) is 1.82. The summed E-state index contributed by atoms with van der Waals surface area (Å²) < 4.78 is 12.1. The van der Waals surface area contributed by atoms with Gasteiger partial charge in [-0.05, 0) is 11.6 Å². The Kier molecular flexibility index (Phi) is 2.85. The molecule has 0 aromatic heterocycles. The van der Waals surface area contributed by atoms with E-state index in [0.717, 1.165) is 0 Å². The highest BCUT2D eigenvalue weighted by atomic mass is 35.5. The van der Waals surface area contributed by atoms with Gasteiger partial charge in [0.1, 0.15) is 6.67 Å². The lowest BCUT2D eigenvalue weighted by atomic mass is 10.1. The molecular weight excluding hydrogens is 165 g/mol. The molecule has 0 aliphatic heterocycles. The Labute approximate surface area is 70.0 Å². The maximum Gasteiger partial charge on any atom is 0.109 e. The van der Waals surface area contributed by atoms with Crippen LogP contribution in [-0.2, 0) is 0 Å². The van der Waals surface area contributed by atoms with E-state index in [0.29, 0.717) is 10.6 Å². The molecule has 0 heterocycles. The smallest absolute Gasteiger partial charge is 0.109 e. The Morgan fingerprint density at radius 3 is 2.64 bits per heavy atom. The molecule has 1 atom stereocenters. The van der Waals surface area contributed by atoms with Crippen molar-refractivity contribution in [3.63, 3.8) is 0 Å². The molecule has 2 N–H and O–H groups in total. The van der Waals surface area contributed by atoms with E-state index in [-0.39, 0.29) is 0 Å². The molecule has 0 saturated carbocycles. The van der Waals surface area contributed by atoms with E-state index in [1.165, 1.54) is 0 Å². The molecule has 3 heteroatoms. The summed E-state index contributed by atoms with van der Waals surface area (Å²) in [7, 11) is 0. The molecule has 0 radical (unpaired) electrons. The maximum atomic E-state index is 12.1. The van der Waals surface area contributed by atoms with Gasteiger partial charge in [0.05, 0.1) is 6.04 Å². The average molecular weight is 174 g/mol. The van der Waals surface area contributed by atoms with Crippen LogP contribution in [0, 0.1) is 0 Å². The van der Waals surface area contributed by atoms with E-state index in [4.69, 9.17) is 17.3 Å². The van der Waals surface area contributed by atoms with E-state index in [2.05, 4.69) is 0 Å². The first kappa shape index (κ1) is 8.50. The van der Waals surface area contributed by atoms with Crippen molar-refractivity contribution in [3.05, 3.63) is 34.9 Å². The van der Waals surface area contributed by atoms with E-state index in [1.807, 2.05) is 0 Å². The van der Waals surface area contributed by atoms with Crippen LogP contribution in [0.3, 0.4) is 0 Å². The Morgan fingerprint density at radius 2 is 2.09 bits per heavy atom. The summed E-state index contributed by atoms with van der Waals surface area (Å²) in [6, 6.07) is 6.41. The Morgan fingerprint density at radius 1 is 1.45 bits per heavy atom. The molecule has 11 heavy (non-hydrogen) atoms. The molecule has 60 valence electrons. The lowest BCUT2D eigenvalue weighted by Gasteiger charge is -2.08. The summed E-state index contributed by atoms with van der Waals surface area (Å²) in [5.74, 6) is 0. The van der Waals surface area contributed by atoms with Crippen molar-refractivity contribution in [2.75, 3.05) is 6.67 Å². The second kappa shape index (κ2) is 3.69. The van der Waals surface area contributed by atoms with E-state index < -0.39 is 12.7 Å². The summed E-state index contributed by atoms with van der Waals surface area (Å²) >= 11 is 5.75. The summed E-state index contributed by atoms with van der Waals surface area (Å²) in [5.41, 5.74) is 6.10. The highest BCUT2D eigenvalue weighted by Gasteiger charge is 2.07. The van der Waals surface area contributed by atoms with Gasteiger partial charge in [0.2, 0.25) is 0 Å². The number of rotatable bonds is 2. The lowest BCUT2D eigenvalue weighted by molar-refractivity contribution is 0.437.